The molecule has 0 aliphatic rings. The first-order valence-electron chi connectivity index (χ1n) is 7.49. The van der Waals surface area contributed by atoms with Crippen LogP contribution in [0.15, 0.2) is 47.2 Å². The second-order valence-corrected chi connectivity index (χ2v) is 6.96. The largest absolute Gasteiger partial charge is 0.497 e. The minimum absolute atomic E-state index is 0.0347. The lowest BCUT2D eigenvalue weighted by Gasteiger charge is -2.08. The minimum atomic E-state index is 0.0347. The van der Waals surface area contributed by atoms with E-state index in [9.17, 15) is 0 Å². The predicted molar refractivity (Wildman–Crippen MR) is 97.2 cm³/mol. The topological polar surface area (TPSA) is 49.2 Å². The van der Waals surface area contributed by atoms with Crippen molar-refractivity contribution in [1.29, 1.82) is 0 Å². The van der Waals surface area contributed by atoms with Gasteiger partial charge in [0.2, 0.25) is 0 Å². The van der Waals surface area contributed by atoms with Gasteiger partial charge in [0.05, 0.1) is 18.5 Å². The van der Waals surface area contributed by atoms with Crippen molar-refractivity contribution in [3.63, 3.8) is 0 Å². The summed E-state index contributed by atoms with van der Waals surface area (Å²) < 4.78 is 12.7. The average Bonchev–Trinajstić information content (AvgIpc) is 3.28. The molecule has 0 spiro atoms. The van der Waals surface area contributed by atoms with Crippen LogP contribution in [0, 0.1) is 0 Å². The third-order valence-corrected chi connectivity index (χ3v) is 5.61. The lowest BCUT2D eigenvalue weighted by molar-refractivity contribution is 0.119. The molecule has 0 saturated heterocycles. The molecular weight excluding hydrogens is 342 g/mol. The maximum atomic E-state index is 5.31. The van der Waals surface area contributed by atoms with Gasteiger partial charge < -0.3 is 9.47 Å². The van der Waals surface area contributed by atoms with Gasteiger partial charge in [-0.25, -0.2) is 9.97 Å². The van der Waals surface area contributed by atoms with Crippen molar-refractivity contribution in [3.8, 4) is 11.4 Å². The van der Waals surface area contributed by atoms with Crippen LogP contribution in [0.25, 0.3) is 5.69 Å². The fraction of sp³-hybridized carbons (Fsp3) is 0.294. The zero-order valence-corrected chi connectivity index (χ0v) is 15.4. The molecule has 0 fully saturated rings. The monoisotopic (exact) mass is 361 g/mol. The fourth-order valence-electron chi connectivity index (χ4n) is 2.17. The molecule has 1 unspecified atom stereocenters. The van der Waals surface area contributed by atoms with Gasteiger partial charge in [-0.05, 0) is 19.1 Å². The standard InChI is InChI=1S/C17H19N3O2S2/c1-12(21-2)16-19-13(10-23-16)11-24-17-18-7-8-20(17)14-5-4-6-15(9-14)22-3/h4-10,12H,11H2,1-3H3. The van der Waals surface area contributed by atoms with Crippen molar-refractivity contribution >= 4 is 23.1 Å². The van der Waals surface area contributed by atoms with Crippen LogP contribution < -0.4 is 4.74 Å². The van der Waals surface area contributed by atoms with Gasteiger partial charge in [0.15, 0.2) is 5.16 Å². The van der Waals surface area contributed by atoms with E-state index in [0.29, 0.717) is 0 Å². The van der Waals surface area contributed by atoms with Crippen LogP contribution in [0.4, 0.5) is 0 Å². The average molecular weight is 361 g/mol. The first-order valence-corrected chi connectivity index (χ1v) is 9.35. The van der Waals surface area contributed by atoms with Crippen LogP contribution in [0.3, 0.4) is 0 Å². The van der Waals surface area contributed by atoms with Crippen molar-refractivity contribution in [2.75, 3.05) is 14.2 Å². The number of methoxy groups -OCH3 is 2. The number of benzene rings is 1. The Morgan fingerprint density at radius 3 is 3.00 bits per heavy atom. The molecule has 5 nitrogen and oxygen atoms in total. The van der Waals surface area contributed by atoms with Crippen molar-refractivity contribution in [3.05, 3.63) is 52.7 Å². The van der Waals surface area contributed by atoms with Crippen LogP contribution in [0.1, 0.15) is 23.7 Å². The number of rotatable bonds is 7. The number of imidazole rings is 1. The van der Waals surface area contributed by atoms with E-state index in [1.165, 1.54) is 0 Å². The summed E-state index contributed by atoms with van der Waals surface area (Å²) >= 11 is 3.29. The Morgan fingerprint density at radius 2 is 2.21 bits per heavy atom. The highest BCUT2D eigenvalue weighted by Crippen LogP contribution is 2.27. The smallest absolute Gasteiger partial charge is 0.172 e. The molecule has 126 valence electrons. The summed E-state index contributed by atoms with van der Waals surface area (Å²) in [5, 5.41) is 4.01. The van der Waals surface area contributed by atoms with E-state index in [2.05, 4.69) is 19.9 Å². The second-order valence-electron chi connectivity index (χ2n) is 5.12. The fourth-order valence-corrected chi connectivity index (χ4v) is 3.99. The molecule has 0 aliphatic heterocycles. The lowest BCUT2D eigenvalue weighted by atomic mass is 10.3. The maximum Gasteiger partial charge on any atom is 0.172 e. The molecule has 2 heterocycles. The summed E-state index contributed by atoms with van der Waals surface area (Å²) in [6, 6.07) is 7.94. The molecule has 24 heavy (non-hydrogen) atoms. The number of aromatic nitrogens is 3. The van der Waals surface area contributed by atoms with Crippen LogP contribution >= 0.6 is 23.1 Å². The minimum Gasteiger partial charge on any atom is -0.497 e. The van der Waals surface area contributed by atoms with Gasteiger partial charge in [0, 0.05) is 36.7 Å². The molecule has 0 amide bonds. The summed E-state index contributed by atoms with van der Waals surface area (Å²) in [5.74, 6) is 1.60. The van der Waals surface area contributed by atoms with Crippen molar-refractivity contribution < 1.29 is 9.47 Å². The van der Waals surface area contributed by atoms with Crippen molar-refractivity contribution in [1.82, 2.24) is 14.5 Å². The van der Waals surface area contributed by atoms with Gasteiger partial charge in [-0.3, -0.25) is 4.57 Å². The molecule has 0 saturated carbocycles. The van der Waals surface area contributed by atoms with E-state index in [-0.39, 0.29) is 6.10 Å². The first kappa shape index (κ1) is 17.0. The number of thiazole rings is 1. The summed E-state index contributed by atoms with van der Waals surface area (Å²) in [6.07, 6.45) is 3.80. The summed E-state index contributed by atoms with van der Waals surface area (Å²) in [6.45, 7) is 2.01. The van der Waals surface area contributed by atoms with Crippen LogP contribution in [0.2, 0.25) is 0 Å². The molecule has 3 rings (SSSR count). The zero-order valence-electron chi connectivity index (χ0n) is 13.8. The van der Waals surface area contributed by atoms with Crippen LogP contribution in [-0.2, 0) is 10.5 Å². The van der Waals surface area contributed by atoms with Gasteiger partial charge in [0.1, 0.15) is 16.9 Å². The highest BCUT2D eigenvalue weighted by Gasteiger charge is 2.11. The normalized spacial score (nSPS) is 12.3. The van der Waals surface area contributed by atoms with E-state index in [1.54, 1.807) is 43.5 Å². The highest BCUT2D eigenvalue weighted by atomic mass is 32.2. The molecule has 3 aromatic rings. The molecule has 7 heteroatoms. The number of ether oxygens (including phenoxy) is 2. The molecule has 0 radical (unpaired) electrons. The number of thioether (sulfide) groups is 1. The quantitative estimate of drug-likeness (QED) is 0.586. The van der Waals surface area contributed by atoms with Crippen molar-refractivity contribution in [2.24, 2.45) is 0 Å². The molecule has 0 bridgehead atoms. The Bertz CT molecular complexity index is 800. The molecule has 0 aliphatic carbocycles. The SMILES string of the molecule is COc1cccc(-n2ccnc2SCc2csc(C(C)OC)n2)c1. The maximum absolute atomic E-state index is 5.31. The van der Waals surface area contributed by atoms with Crippen molar-refractivity contribution in [2.45, 2.75) is 23.9 Å². The van der Waals surface area contributed by atoms with Crippen LogP contribution in [-0.4, -0.2) is 28.8 Å². The summed E-state index contributed by atoms with van der Waals surface area (Å²) in [4.78, 5) is 9.08. The van der Waals surface area contributed by atoms with Gasteiger partial charge in [-0.2, -0.15) is 0 Å². The van der Waals surface area contributed by atoms with E-state index in [0.717, 1.165) is 33.0 Å². The van der Waals surface area contributed by atoms with Gasteiger partial charge in [0.25, 0.3) is 0 Å². The van der Waals surface area contributed by atoms with E-state index < -0.39 is 0 Å². The Labute approximate surface area is 149 Å². The molecule has 1 atom stereocenters. The number of hydrogen-bond acceptors (Lipinski definition) is 6. The third kappa shape index (κ3) is 3.80. The third-order valence-electron chi connectivity index (χ3n) is 3.56. The Kier molecular flexibility index (Phi) is 5.55. The number of hydrogen-bond donors (Lipinski definition) is 0. The van der Waals surface area contributed by atoms with Gasteiger partial charge in [-0.15, -0.1) is 11.3 Å². The Balaban J connectivity index is 1.73. The van der Waals surface area contributed by atoms with E-state index in [4.69, 9.17) is 9.47 Å². The number of nitrogens with zero attached hydrogens (tertiary/aromatic N) is 3. The zero-order chi connectivity index (χ0) is 16.9. The molecule has 2 aromatic heterocycles. The van der Waals surface area contributed by atoms with Gasteiger partial charge in [-0.1, -0.05) is 17.8 Å². The van der Waals surface area contributed by atoms with E-state index in [1.807, 2.05) is 37.4 Å². The molecule has 0 N–H and O–H groups in total. The van der Waals surface area contributed by atoms with E-state index >= 15 is 0 Å². The first-order chi connectivity index (χ1) is 11.7. The molecule has 1 aromatic carbocycles. The second kappa shape index (κ2) is 7.83. The Hall–Kier alpha value is -1.83. The molecular formula is C17H19N3O2S2. The van der Waals surface area contributed by atoms with Crippen LogP contribution in [0.5, 0.6) is 5.75 Å². The Morgan fingerprint density at radius 1 is 1.33 bits per heavy atom. The predicted octanol–water partition coefficient (Wildman–Crippen LogP) is 4.34. The highest BCUT2D eigenvalue weighted by molar-refractivity contribution is 7.98. The lowest BCUT2D eigenvalue weighted by Crippen LogP contribution is -1.97. The summed E-state index contributed by atoms with van der Waals surface area (Å²) in [5.41, 5.74) is 2.07. The van der Waals surface area contributed by atoms with Gasteiger partial charge >= 0.3 is 0 Å². The summed E-state index contributed by atoms with van der Waals surface area (Å²) in [7, 11) is 3.37.